The molecule has 0 aromatic carbocycles. The second-order valence-corrected chi connectivity index (χ2v) is 5.84. The van der Waals surface area contributed by atoms with Crippen molar-refractivity contribution in [2.75, 3.05) is 31.6 Å². The molecule has 0 amide bonds. The molecule has 5 nitrogen and oxygen atoms in total. The van der Waals surface area contributed by atoms with E-state index in [9.17, 15) is 0 Å². The highest BCUT2D eigenvalue weighted by molar-refractivity contribution is 5.30. The van der Waals surface area contributed by atoms with Crippen LogP contribution in [0.5, 0.6) is 0 Å². The first kappa shape index (κ1) is 15.2. The Morgan fingerprint density at radius 2 is 1.95 bits per heavy atom. The molecule has 20 heavy (non-hydrogen) atoms. The zero-order valence-corrected chi connectivity index (χ0v) is 12.8. The van der Waals surface area contributed by atoms with Crippen LogP contribution >= 0.6 is 0 Å². The molecule has 1 aliphatic rings. The van der Waals surface area contributed by atoms with Gasteiger partial charge >= 0.3 is 0 Å². The Hall–Kier alpha value is -1.20. The van der Waals surface area contributed by atoms with Gasteiger partial charge in [-0.25, -0.2) is 9.97 Å². The van der Waals surface area contributed by atoms with Gasteiger partial charge in [0.2, 0.25) is 5.95 Å². The fourth-order valence-corrected chi connectivity index (χ4v) is 2.40. The monoisotopic (exact) mass is 278 g/mol. The van der Waals surface area contributed by atoms with Crippen LogP contribution < -0.4 is 10.2 Å². The van der Waals surface area contributed by atoms with Crippen molar-refractivity contribution in [2.45, 2.75) is 39.3 Å². The lowest BCUT2D eigenvalue weighted by Crippen LogP contribution is -2.37. The largest absolute Gasteiger partial charge is 0.381 e. The summed E-state index contributed by atoms with van der Waals surface area (Å²) in [5, 5.41) is 3.40. The van der Waals surface area contributed by atoms with Gasteiger partial charge in [0.25, 0.3) is 0 Å². The maximum Gasteiger partial charge on any atom is 0.225 e. The molecule has 0 spiro atoms. The Morgan fingerprint density at radius 1 is 1.30 bits per heavy atom. The third-order valence-electron chi connectivity index (χ3n) is 3.63. The van der Waals surface area contributed by atoms with E-state index in [4.69, 9.17) is 4.74 Å². The molecule has 2 rings (SSSR count). The molecule has 1 aromatic heterocycles. The van der Waals surface area contributed by atoms with Gasteiger partial charge in [0.05, 0.1) is 6.10 Å². The van der Waals surface area contributed by atoms with E-state index in [1.54, 1.807) is 7.11 Å². The number of hydrogen-bond donors (Lipinski definition) is 1. The van der Waals surface area contributed by atoms with Gasteiger partial charge in [0, 0.05) is 44.7 Å². The number of nitrogens with zero attached hydrogens (tertiary/aromatic N) is 3. The summed E-state index contributed by atoms with van der Waals surface area (Å²) in [5.74, 6) is 1.50. The molecule has 0 bridgehead atoms. The van der Waals surface area contributed by atoms with E-state index in [0.717, 1.165) is 50.5 Å². The van der Waals surface area contributed by atoms with Crippen LogP contribution in [0.25, 0.3) is 0 Å². The summed E-state index contributed by atoms with van der Waals surface area (Å²) in [7, 11) is 1.79. The van der Waals surface area contributed by atoms with Crippen LogP contribution in [0, 0.1) is 5.92 Å². The van der Waals surface area contributed by atoms with E-state index in [0.29, 0.717) is 12.0 Å². The first-order valence-electron chi connectivity index (χ1n) is 7.48. The Morgan fingerprint density at radius 3 is 2.50 bits per heavy atom. The van der Waals surface area contributed by atoms with Crippen LogP contribution in [-0.4, -0.2) is 42.8 Å². The average molecular weight is 278 g/mol. The van der Waals surface area contributed by atoms with Crippen molar-refractivity contribution in [1.82, 2.24) is 15.3 Å². The summed E-state index contributed by atoms with van der Waals surface area (Å²) in [4.78, 5) is 11.2. The molecule has 1 N–H and O–H groups in total. The Labute approximate surface area is 121 Å². The fraction of sp³-hybridized carbons (Fsp3) is 0.733. The van der Waals surface area contributed by atoms with Gasteiger partial charge in [-0.15, -0.1) is 0 Å². The molecule has 1 fully saturated rings. The standard InChI is InChI=1S/C15H26N4O/c1-12(2)8-16-9-13-10-17-15(18-11-13)19-6-4-14(20-3)5-7-19/h10-12,14,16H,4-9H2,1-3H3. The zero-order valence-electron chi connectivity index (χ0n) is 12.8. The van der Waals surface area contributed by atoms with E-state index in [1.165, 1.54) is 0 Å². The van der Waals surface area contributed by atoms with Gasteiger partial charge in [0.15, 0.2) is 0 Å². The van der Waals surface area contributed by atoms with Crippen molar-refractivity contribution in [3.05, 3.63) is 18.0 Å². The van der Waals surface area contributed by atoms with Crippen molar-refractivity contribution in [2.24, 2.45) is 5.92 Å². The van der Waals surface area contributed by atoms with E-state index in [1.807, 2.05) is 12.4 Å². The molecule has 0 atom stereocenters. The molecule has 1 saturated heterocycles. The summed E-state index contributed by atoms with van der Waals surface area (Å²) in [5.41, 5.74) is 1.14. The normalized spacial score (nSPS) is 16.9. The number of hydrogen-bond acceptors (Lipinski definition) is 5. The number of ether oxygens (including phenoxy) is 1. The van der Waals surface area contributed by atoms with Crippen LogP contribution in [0.15, 0.2) is 12.4 Å². The van der Waals surface area contributed by atoms with Crippen LogP contribution in [0.3, 0.4) is 0 Å². The summed E-state index contributed by atoms with van der Waals surface area (Å²) < 4.78 is 5.38. The highest BCUT2D eigenvalue weighted by atomic mass is 16.5. The van der Waals surface area contributed by atoms with Gasteiger partial charge < -0.3 is 15.0 Å². The Balaban J connectivity index is 1.82. The number of rotatable bonds is 6. The van der Waals surface area contributed by atoms with E-state index >= 15 is 0 Å². The second-order valence-electron chi connectivity index (χ2n) is 5.84. The topological polar surface area (TPSA) is 50.3 Å². The summed E-state index contributed by atoms with van der Waals surface area (Å²) in [6, 6.07) is 0. The quantitative estimate of drug-likeness (QED) is 0.860. The van der Waals surface area contributed by atoms with Crippen molar-refractivity contribution >= 4 is 5.95 Å². The Bertz CT molecular complexity index is 385. The molecule has 0 unspecified atom stereocenters. The lowest BCUT2D eigenvalue weighted by Gasteiger charge is -2.31. The third-order valence-corrected chi connectivity index (χ3v) is 3.63. The molecular weight excluding hydrogens is 252 g/mol. The molecule has 0 radical (unpaired) electrons. The van der Waals surface area contributed by atoms with Crippen LogP contribution in [0.2, 0.25) is 0 Å². The highest BCUT2D eigenvalue weighted by Crippen LogP contribution is 2.17. The van der Waals surface area contributed by atoms with Crippen LogP contribution in [-0.2, 0) is 11.3 Å². The van der Waals surface area contributed by atoms with Crippen LogP contribution in [0.1, 0.15) is 32.3 Å². The van der Waals surface area contributed by atoms with Gasteiger partial charge in [-0.05, 0) is 25.3 Å². The molecule has 0 aliphatic carbocycles. The number of piperidine rings is 1. The van der Waals surface area contributed by atoms with Crippen molar-refractivity contribution < 1.29 is 4.74 Å². The van der Waals surface area contributed by atoms with E-state index in [-0.39, 0.29) is 0 Å². The summed E-state index contributed by atoms with van der Waals surface area (Å²) in [6.07, 6.45) is 6.36. The first-order valence-corrected chi connectivity index (χ1v) is 7.48. The molecule has 2 heterocycles. The molecular formula is C15H26N4O. The lowest BCUT2D eigenvalue weighted by atomic mass is 10.1. The van der Waals surface area contributed by atoms with Gasteiger partial charge in [-0.1, -0.05) is 13.8 Å². The summed E-state index contributed by atoms with van der Waals surface area (Å²) in [6.45, 7) is 8.22. The van der Waals surface area contributed by atoms with Gasteiger partial charge in [-0.3, -0.25) is 0 Å². The van der Waals surface area contributed by atoms with E-state index < -0.39 is 0 Å². The molecule has 112 valence electrons. The SMILES string of the molecule is COC1CCN(c2ncc(CNCC(C)C)cn2)CC1. The van der Waals surface area contributed by atoms with Crippen LogP contribution in [0.4, 0.5) is 5.95 Å². The predicted octanol–water partition coefficient (Wildman–Crippen LogP) is 1.84. The predicted molar refractivity (Wildman–Crippen MR) is 80.8 cm³/mol. The smallest absolute Gasteiger partial charge is 0.225 e. The second kappa shape index (κ2) is 7.55. The number of methoxy groups -OCH3 is 1. The van der Waals surface area contributed by atoms with Crippen molar-refractivity contribution in [3.63, 3.8) is 0 Å². The molecule has 1 aromatic rings. The number of anilines is 1. The minimum atomic E-state index is 0.394. The fourth-order valence-electron chi connectivity index (χ4n) is 2.40. The van der Waals surface area contributed by atoms with Crippen molar-refractivity contribution in [1.29, 1.82) is 0 Å². The zero-order chi connectivity index (χ0) is 14.4. The maximum atomic E-state index is 5.38. The minimum absolute atomic E-state index is 0.394. The third kappa shape index (κ3) is 4.42. The number of nitrogens with one attached hydrogen (secondary N) is 1. The number of aromatic nitrogens is 2. The first-order chi connectivity index (χ1) is 9.69. The lowest BCUT2D eigenvalue weighted by molar-refractivity contribution is 0.0816. The highest BCUT2D eigenvalue weighted by Gasteiger charge is 2.20. The van der Waals surface area contributed by atoms with E-state index in [2.05, 4.69) is 34.0 Å². The minimum Gasteiger partial charge on any atom is -0.381 e. The van der Waals surface area contributed by atoms with Gasteiger partial charge in [-0.2, -0.15) is 0 Å². The average Bonchev–Trinajstić information content (AvgIpc) is 2.48. The summed E-state index contributed by atoms with van der Waals surface area (Å²) >= 11 is 0. The molecule has 5 heteroatoms. The molecule has 1 aliphatic heterocycles. The Kier molecular flexibility index (Phi) is 5.73. The van der Waals surface area contributed by atoms with Crippen molar-refractivity contribution in [3.8, 4) is 0 Å². The molecule has 0 saturated carbocycles. The van der Waals surface area contributed by atoms with Gasteiger partial charge in [0.1, 0.15) is 0 Å². The maximum absolute atomic E-state index is 5.38.